The standard InChI is InChI=1S/C17H21N7O2/c18-9-11-1-3-12(4-2-11)22-15-5-7-21-17(24-15,16(20)25)23-14-6-8-26-10-13(14)19/h1-5,7,13-14,21,23H,6,8,10,19H2,(H2,20,25)(H,22,24)/t13-,14+,17?/m0/s1. The Morgan fingerprint density at radius 2 is 2.19 bits per heavy atom. The molecule has 2 aliphatic rings. The zero-order chi connectivity index (χ0) is 18.6. The second kappa shape index (κ2) is 7.53. The Bertz CT molecular complexity index is 768. The first-order chi connectivity index (χ1) is 12.5. The van der Waals surface area contributed by atoms with Crippen LogP contribution in [0.5, 0.6) is 0 Å². The van der Waals surface area contributed by atoms with Gasteiger partial charge in [-0.3, -0.25) is 10.1 Å². The molecule has 136 valence electrons. The highest BCUT2D eigenvalue weighted by molar-refractivity contribution is 6.06. The first-order valence-electron chi connectivity index (χ1n) is 8.24. The van der Waals surface area contributed by atoms with Crippen LogP contribution >= 0.6 is 0 Å². The quantitative estimate of drug-likeness (QED) is 0.480. The van der Waals surface area contributed by atoms with Crippen molar-refractivity contribution in [1.82, 2.24) is 10.6 Å². The summed E-state index contributed by atoms with van der Waals surface area (Å²) in [5.41, 5.74) is 13.0. The van der Waals surface area contributed by atoms with Crippen LogP contribution in [0.1, 0.15) is 12.0 Å². The van der Waals surface area contributed by atoms with Gasteiger partial charge in [0.15, 0.2) is 0 Å². The number of nitrogens with two attached hydrogens (primary N) is 2. The molecular formula is C17H21N7O2. The lowest BCUT2D eigenvalue weighted by atomic mass is 10.0. The molecule has 1 fully saturated rings. The molecule has 0 aromatic heterocycles. The Morgan fingerprint density at radius 3 is 2.85 bits per heavy atom. The van der Waals surface area contributed by atoms with Crippen LogP contribution in [-0.2, 0) is 9.53 Å². The van der Waals surface area contributed by atoms with Gasteiger partial charge in [0.1, 0.15) is 5.84 Å². The van der Waals surface area contributed by atoms with E-state index in [1.54, 1.807) is 36.5 Å². The van der Waals surface area contributed by atoms with E-state index in [4.69, 9.17) is 21.5 Å². The fraction of sp³-hybridized carbons (Fsp3) is 0.353. The van der Waals surface area contributed by atoms with E-state index >= 15 is 0 Å². The number of nitrogens with one attached hydrogen (secondary N) is 3. The van der Waals surface area contributed by atoms with E-state index in [0.29, 0.717) is 31.0 Å². The minimum Gasteiger partial charge on any atom is -0.380 e. The number of amidine groups is 1. The number of ether oxygens (including phenoxy) is 1. The summed E-state index contributed by atoms with van der Waals surface area (Å²) in [6.07, 6.45) is 3.93. The zero-order valence-electron chi connectivity index (χ0n) is 14.1. The highest BCUT2D eigenvalue weighted by atomic mass is 16.5. The van der Waals surface area contributed by atoms with Gasteiger partial charge in [0.2, 0.25) is 0 Å². The topological polar surface area (TPSA) is 151 Å². The first-order valence-corrected chi connectivity index (χ1v) is 8.24. The molecule has 3 rings (SSSR count). The molecule has 2 aliphatic heterocycles. The third-order valence-corrected chi connectivity index (χ3v) is 4.26. The van der Waals surface area contributed by atoms with Crippen LogP contribution in [-0.4, -0.2) is 42.8 Å². The Labute approximate surface area is 151 Å². The van der Waals surface area contributed by atoms with E-state index in [1.165, 1.54) is 0 Å². The number of hydrogen-bond donors (Lipinski definition) is 5. The van der Waals surface area contributed by atoms with Crippen LogP contribution in [0.4, 0.5) is 5.69 Å². The highest BCUT2D eigenvalue weighted by Crippen LogP contribution is 2.16. The van der Waals surface area contributed by atoms with Crippen molar-refractivity contribution in [2.45, 2.75) is 24.3 Å². The minimum atomic E-state index is -1.50. The number of nitrogens with zero attached hydrogens (tertiary/aromatic N) is 2. The molecule has 9 nitrogen and oxygen atoms in total. The molecule has 9 heteroatoms. The third kappa shape index (κ3) is 3.83. The lowest BCUT2D eigenvalue weighted by molar-refractivity contribution is -0.126. The van der Waals surface area contributed by atoms with Gasteiger partial charge in [-0.25, -0.2) is 4.99 Å². The molecule has 26 heavy (non-hydrogen) atoms. The largest absolute Gasteiger partial charge is 0.380 e. The van der Waals surface area contributed by atoms with Crippen LogP contribution in [0.2, 0.25) is 0 Å². The maximum atomic E-state index is 12.2. The van der Waals surface area contributed by atoms with E-state index < -0.39 is 11.7 Å². The SMILES string of the molecule is N#Cc1ccc(NC2=NC(N[C@@H]3CCOC[C@@H]3N)(C(N)=O)NC=C2)cc1. The average Bonchev–Trinajstić information content (AvgIpc) is 2.64. The van der Waals surface area contributed by atoms with Crippen LogP contribution < -0.4 is 27.4 Å². The molecule has 2 heterocycles. The monoisotopic (exact) mass is 355 g/mol. The van der Waals surface area contributed by atoms with Crippen molar-refractivity contribution in [3.05, 3.63) is 42.1 Å². The molecule has 3 atom stereocenters. The van der Waals surface area contributed by atoms with Crippen molar-refractivity contribution in [3.63, 3.8) is 0 Å². The van der Waals surface area contributed by atoms with Crippen LogP contribution in [0.3, 0.4) is 0 Å². The van der Waals surface area contributed by atoms with Gasteiger partial charge in [0, 0.05) is 30.6 Å². The average molecular weight is 355 g/mol. The van der Waals surface area contributed by atoms with Crippen molar-refractivity contribution in [1.29, 1.82) is 5.26 Å². The van der Waals surface area contributed by atoms with Gasteiger partial charge in [0.25, 0.3) is 11.7 Å². The number of aliphatic imine (C=N–C) groups is 1. The number of hydrogen-bond acceptors (Lipinski definition) is 8. The summed E-state index contributed by atoms with van der Waals surface area (Å²) < 4.78 is 5.33. The van der Waals surface area contributed by atoms with Crippen molar-refractivity contribution < 1.29 is 9.53 Å². The predicted molar refractivity (Wildman–Crippen MR) is 96.8 cm³/mol. The number of amides is 1. The van der Waals surface area contributed by atoms with Crippen LogP contribution in [0.15, 0.2) is 41.5 Å². The van der Waals surface area contributed by atoms with E-state index in [2.05, 4.69) is 27.0 Å². The summed E-state index contributed by atoms with van der Waals surface area (Å²) in [6, 6.07) is 8.51. The Morgan fingerprint density at radius 1 is 1.42 bits per heavy atom. The molecule has 1 amide bonds. The van der Waals surface area contributed by atoms with Crippen LogP contribution in [0.25, 0.3) is 0 Å². The number of anilines is 1. The molecule has 1 aromatic rings. The molecule has 7 N–H and O–H groups in total. The number of rotatable bonds is 4. The second-order valence-corrected chi connectivity index (χ2v) is 6.14. The highest BCUT2D eigenvalue weighted by Gasteiger charge is 2.41. The number of benzene rings is 1. The molecule has 0 spiro atoms. The van der Waals surface area contributed by atoms with Gasteiger partial charge < -0.3 is 26.8 Å². The smallest absolute Gasteiger partial charge is 0.282 e. The van der Waals surface area contributed by atoms with Gasteiger partial charge in [0.05, 0.1) is 18.2 Å². The van der Waals surface area contributed by atoms with E-state index in [0.717, 1.165) is 5.69 Å². The third-order valence-electron chi connectivity index (χ3n) is 4.26. The maximum absolute atomic E-state index is 12.2. The van der Waals surface area contributed by atoms with Crippen molar-refractivity contribution >= 4 is 17.4 Å². The minimum absolute atomic E-state index is 0.171. The Balaban J connectivity index is 1.80. The zero-order valence-corrected chi connectivity index (χ0v) is 14.1. The molecule has 1 aromatic carbocycles. The van der Waals surface area contributed by atoms with Crippen molar-refractivity contribution in [2.24, 2.45) is 16.5 Å². The summed E-state index contributed by atoms with van der Waals surface area (Å²) in [6.45, 7) is 0.957. The summed E-state index contributed by atoms with van der Waals surface area (Å²) >= 11 is 0. The molecule has 0 aliphatic carbocycles. The van der Waals surface area contributed by atoms with Gasteiger partial charge >= 0.3 is 0 Å². The second-order valence-electron chi connectivity index (χ2n) is 6.14. The predicted octanol–water partition coefficient (Wildman–Crippen LogP) is -0.670. The molecule has 1 unspecified atom stereocenters. The van der Waals surface area contributed by atoms with Crippen LogP contribution in [0, 0.1) is 11.3 Å². The number of nitriles is 1. The fourth-order valence-corrected chi connectivity index (χ4v) is 2.82. The van der Waals surface area contributed by atoms with E-state index in [1.807, 2.05) is 0 Å². The molecule has 1 saturated heterocycles. The van der Waals surface area contributed by atoms with E-state index in [-0.39, 0.29) is 12.1 Å². The van der Waals surface area contributed by atoms with Gasteiger partial charge in [-0.05, 0) is 36.8 Å². The summed E-state index contributed by atoms with van der Waals surface area (Å²) in [5.74, 6) is -1.72. The Kier molecular flexibility index (Phi) is 5.18. The lowest BCUT2D eigenvalue weighted by Crippen LogP contribution is -2.69. The summed E-state index contributed by atoms with van der Waals surface area (Å²) in [7, 11) is 0. The van der Waals surface area contributed by atoms with Gasteiger partial charge in [-0.1, -0.05) is 0 Å². The molecule has 0 radical (unpaired) electrons. The number of carbonyl (C=O) groups excluding carboxylic acids is 1. The maximum Gasteiger partial charge on any atom is 0.282 e. The van der Waals surface area contributed by atoms with Gasteiger partial charge in [-0.15, -0.1) is 0 Å². The Hall–Kier alpha value is -2.93. The van der Waals surface area contributed by atoms with Crippen molar-refractivity contribution in [3.8, 4) is 6.07 Å². The lowest BCUT2D eigenvalue weighted by Gasteiger charge is -2.38. The van der Waals surface area contributed by atoms with E-state index in [9.17, 15) is 4.79 Å². The first kappa shape index (κ1) is 17.9. The molecule has 0 saturated carbocycles. The normalized spacial score (nSPS) is 27.8. The molecular weight excluding hydrogens is 334 g/mol. The van der Waals surface area contributed by atoms with Gasteiger partial charge in [-0.2, -0.15) is 5.26 Å². The fourth-order valence-electron chi connectivity index (χ4n) is 2.82. The number of primary amides is 1. The summed E-state index contributed by atoms with van der Waals surface area (Å²) in [5, 5.41) is 18.0. The number of carbonyl (C=O) groups is 1. The summed E-state index contributed by atoms with van der Waals surface area (Å²) in [4.78, 5) is 16.6. The van der Waals surface area contributed by atoms with Crippen molar-refractivity contribution in [2.75, 3.05) is 18.5 Å². The molecule has 0 bridgehead atoms.